The number of halogens is 1. The molecule has 0 amide bonds. The molecule has 1 N–H and O–H groups in total. The predicted molar refractivity (Wildman–Crippen MR) is 98.5 cm³/mol. The molecule has 1 aliphatic rings. The topological polar surface area (TPSA) is 38.7 Å². The van der Waals surface area contributed by atoms with Crippen LogP contribution >= 0.6 is 15.9 Å². The molecule has 0 unspecified atom stereocenters. The molecule has 0 saturated carbocycles. The van der Waals surface area contributed by atoms with Gasteiger partial charge in [-0.25, -0.2) is 0 Å². The second-order valence-electron chi connectivity index (χ2n) is 7.23. The fourth-order valence-corrected chi connectivity index (χ4v) is 3.47. The van der Waals surface area contributed by atoms with Crippen LogP contribution in [-0.2, 0) is 4.43 Å². The second-order valence-corrected chi connectivity index (χ2v) is 13.0. The van der Waals surface area contributed by atoms with Gasteiger partial charge in [-0.15, -0.1) is 0 Å². The van der Waals surface area contributed by atoms with Crippen molar-refractivity contribution in [3.63, 3.8) is 0 Å². The number of fused-ring (bicyclic) bond motifs is 1. The van der Waals surface area contributed by atoms with Crippen molar-refractivity contribution >= 4 is 37.4 Å². The molecule has 0 saturated heterocycles. The standard InChI is InChI=1S/C16H24BBrO3Si/c1-16(2,3)22(4,5)20-9-8-13-10-12-11-14(18)6-7-15(12)21-17(13)19/h6-7,10-11,19H,8-9H2,1-5H3. The first-order chi connectivity index (χ1) is 10.1. The third-order valence-electron chi connectivity index (χ3n) is 4.53. The van der Waals surface area contributed by atoms with Crippen molar-refractivity contribution in [2.24, 2.45) is 0 Å². The van der Waals surface area contributed by atoms with Crippen LogP contribution in [0.3, 0.4) is 0 Å². The zero-order chi connectivity index (χ0) is 16.5. The van der Waals surface area contributed by atoms with Crippen LogP contribution in [0.5, 0.6) is 5.75 Å². The quantitative estimate of drug-likeness (QED) is 0.769. The smallest absolute Gasteiger partial charge is 0.532 e. The van der Waals surface area contributed by atoms with Crippen LogP contribution in [0.15, 0.2) is 28.1 Å². The van der Waals surface area contributed by atoms with E-state index in [1.807, 2.05) is 24.3 Å². The molecule has 0 fully saturated rings. The summed E-state index contributed by atoms with van der Waals surface area (Å²) in [6.45, 7) is 11.8. The third kappa shape index (κ3) is 4.04. The van der Waals surface area contributed by atoms with E-state index in [4.69, 9.17) is 9.08 Å². The van der Waals surface area contributed by atoms with Gasteiger partial charge in [0.2, 0.25) is 0 Å². The van der Waals surface area contributed by atoms with Gasteiger partial charge in [-0.3, -0.25) is 0 Å². The Kier molecular flexibility index (Phi) is 5.27. The van der Waals surface area contributed by atoms with E-state index in [2.05, 4.69) is 49.8 Å². The molecule has 22 heavy (non-hydrogen) atoms. The summed E-state index contributed by atoms with van der Waals surface area (Å²) in [6, 6.07) is 5.77. The molecule has 1 aromatic rings. The average Bonchev–Trinajstić information content (AvgIpc) is 2.38. The molecule has 3 nitrogen and oxygen atoms in total. The Morgan fingerprint density at radius 3 is 2.64 bits per heavy atom. The number of benzene rings is 1. The molecule has 0 aromatic heterocycles. The third-order valence-corrected chi connectivity index (χ3v) is 9.56. The van der Waals surface area contributed by atoms with Gasteiger partial charge in [0, 0.05) is 16.6 Å². The zero-order valence-electron chi connectivity index (χ0n) is 13.9. The summed E-state index contributed by atoms with van der Waals surface area (Å²) in [6.07, 6.45) is 2.68. The molecule has 120 valence electrons. The van der Waals surface area contributed by atoms with Crippen molar-refractivity contribution in [3.05, 3.63) is 33.7 Å². The van der Waals surface area contributed by atoms with Gasteiger partial charge in [0.1, 0.15) is 5.75 Å². The molecule has 0 bridgehead atoms. The average molecular weight is 383 g/mol. The molecule has 0 atom stereocenters. The van der Waals surface area contributed by atoms with Gasteiger partial charge in [-0.2, -0.15) is 0 Å². The molecule has 1 aromatic carbocycles. The Hall–Kier alpha value is -0.558. The molecule has 2 rings (SSSR count). The van der Waals surface area contributed by atoms with Gasteiger partial charge in [0.05, 0.1) is 0 Å². The van der Waals surface area contributed by atoms with Gasteiger partial charge in [-0.1, -0.05) is 42.8 Å². The van der Waals surface area contributed by atoms with E-state index in [1.54, 1.807) is 0 Å². The maximum atomic E-state index is 10.1. The first kappa shape index (κ1) is 17.8. The molecule has 0 spiro atoms. The fourth-order valence-electron chi connectivity index (χ4n) is 2.04. The van der Waals surface area contributed by atoms with E-state index in [9.17, 15) is 5.02 Å². The molecule has 1 aliphatic heterocycles. The van der Waals surface area contributed by atoms with Crippen molar-refractivity contribution in [3.8, 4) is 5.75 Å². The van der Waals surface area contributed by atoms with Crippen LogP contribution in [0.25, 0.3) is 6.08 Å². The highest BCUT2D eigenvalue weighted by molar-refractivity contribution is 9.10. The van der Waals surface area contributed by atoms with Gasteiger partial charge < -0.3 is 14.1 Å². The van der Waals surface area contributed by atoms with Crippen molar-refractivity contribution in [2.75, 3.05) is 6.61 Å². The maximum Gasteiger partial charge on any atom is 0.555 e. The van der Waals surface area contributed by atoms with Gasteiger partial charge in [0.15, 0.2) is 8.32 Å². The van der Waals surface area contributed by atoms with E-state index in [-0.39, 0.29) is 5.04 Å². The summed E-state index contributed by atoms with van der Waals surface area (Å²) in [7, 11) is -2.63. The van der Waals surface area contributed by atoms with Crippen LogP contribution in [0.4, 0.5) is 0 Å². The summed E-state index contributed by atoms with van der Waals surface area (Å²) in [4.78, 5) is 0. The SMILES string of the molecule is CC(C)(C)[Si](C)(C)OCCC1=Cc2cc(Br)ccc2OB1O. The number of rotatable bonds is 4. The lowest BCUT2D eigenvalue weighted by Crippen LogP contribution is -2.41. The van der Waals surface area contributed by atoms with Crippen LogP contribution in [-0.4, -0.2) is 27.1 Å². The van der Waals surface area contributed by atoms with Crippen LogP contribution in [0.1, 0.15) is 32.8 Å². The summed E-state index contributed by atoms with van der Waals surface area (Å²) in [5.41, 5.74) is 1.85. The summed E-state index contributed by atoms with van der Waals surface area (Å²) < 4.78 is 12.7. The van der Waals surface area contributed by atoms with Gasteiger partial charge in [0.25, 0.3) is 0 Å². The largest absolute Gasteiger partial charge is 0.555 e. The lowest BCUT2D eigenvalue weighted by molar-refractivity contribution is 0.291. The number of hydrogen-bond donors (Lipinski definition) is 1. The summed E-state index contributed by atoms with van der Waals surface area (Å²) >= 11 is 3.46. The Morgan fingerprint density at radius 1 is 1.32 bits per heavy atom. The molecule has 1 heterocycles. The normalized spacial score (nSPS) is 15.2. The first-order valence-electron chi connectivity index (χ1n) is 7.59. The molecule has 0 aliphatic carbocycles. The monoisotopic (exact) mass is 382 g/mol. The number of hydrogen-bond acceptors (Lipinski definition) is 3. The van der Waals surface area contributed by atoms with Crippen LogP contribution in [0, 0.1) is 0 Å². The molecular weight excluding hydrogens is 359 g/mol. The Labute approximate surface area is 143 Å². The lowest BCUT2D eigenvalue weighted by Gasteiger charge is -2.36. The second kappa shape index (κ2) is 6.51. The minimum Gasteiger partial charge on any atom is -0.532 e. The molecular formula is C16H24BBrO3Si. The van der Waals surface area contributed by atoms with Crippen LogP contribution in [0.2, 0.25) is 18.1 Å². The molecule has 0 radical (unpaired) electrons. The van der Waals surface area contributed by atoms with E-state index in [0.29, 0.717) is 18.8 Å². The first-order valence-corrected chi connectivity index (χ1v) is 11.3. The van der Waals surface area contributed by atoms with Crippen molar-refractivity contribution in [1.82, 2.24) is 0 Å². The Morgan fingerprint density at radius 2 is 2.00 bits per heavy atom. The van der Waals surface area contributed by atoms with E-state index in [1.165, 1.54) is 0 Å². The van der Waals surface area contributed by atoms with Gasteiger partial charge >= 0.3 is 7.12 Å². The minimum absolute atomic E-state index is 0.195. The summed E-state index contributed by atoms with van der Waals surface area (Å²) in [5, 5.41) is 10.3. The predicted octanol–water partition coefficient (Wildman–Crippen LogP) is 4.66. The van der Waals surface area contributed by atoms with E-state index >= 15 is 0 Å². The molecule has 6 heteroatoms. The van der Waals surface area contributed by atoms with Crippen LogP contribution < -0.4 is 4.65 Å². The van der Waals surface area contributed by atoms with Gasteiger partial charge in [-0.05, 0) is 48.2 Å². The maximum absolute atomic E-state index is 10.1. The van der Waals surface area contributed by atoms with Crippen molar-refractivity contribution in [2.45, 2.75) is 45.3 Å². The van der Waals surface area contributed by atoms with Crippen molar-refractivity contribution in [1.29, 1.82) is 0 Å². The zero-order valence-corrected chi connectivity index (χ0v) is 16.5. The highest BCUT2D eigenvalue weighted by atomic mass is 79.9. The lowest BCUT2D eigenvalue weighted by atomic mass is 9.74. The summed E-state index contributed by atoms with van der Waals surface area (Å²) in [5.74, 6) is 0.713. The minimum atomic E-state index is -1.75. The van der Waals surface area contributed by atoms with Crippen molar-refractivity contribution < 1.29 is 14.1 Å². The fraction of sp³-hybridized carbons (Fsp3) is 0.500. The van der Waals surface area contributed by atoms with E-state index < -0.39 is 15.4 Å². The highest BCUT2D eigenvalue weighted by Gasteiger charge is 2.37. The Bertz CT molecular complexity index is 581. The van der Waals surface area contributed by atoms with E-state index in [0.717, 1.165) is 15.5 Å². The highest BCUT2D eigenvalue weighted by Crippen LogP contribution is 2.37. The Balaban J connectivity index is 2.04.